The molecular weight excluding hydrogens is 453 g/mol. The monoisotopic (exact) mass is 476 g/mol. The molecule has 1 aliphatic heterocycles. The fraction of sp³-hybridized carbons (Fsp3) is 0.450. The van der Waals surface area contributed by atoms with Crippen molar-refractivity contribution in [3.8, 4) is 0 Å². The van der Waals surface area contributed by atoms with Crippen molar-refractivity contribution in [1.82, 2.24) is 9.62 Å². The number of hydrogen-bond donors (Lipinski definition) is 1. The molecule has 0 radical (unpaired) electrons. The van der Waals surface area contributed by atoms with Crippen LogP contribution in [-0.4, -0.2) is 44.5 Å². The molecule has 1 aliphatic rings. The molecule has 1 saturated heterocycles. The van der Waals surface area contributed by atoms with Gasteiger partial charge in [-0.2, -0.15) is 17.5 Å². The summed E-state index contributed by atoms with van der Waals surface area (Å²) in [5.74, 6) is -0.651. The van der Waals surface area contributed by atoms with Gasteiger partial charge in [-0.25, -0.2) is 8.42 Å². The molecule has 2 heterocycles. The molecule has 0 aliphatic carbocycles. The van der Waals surface area contributed by atoms with Gasteiger partial charge in [-0.05, 0) is 35.4 Å². The van der Waals surface area contributed by atoms with Gasteiger partial charge in [-0.15, -0.1) is 11.3 Å². The summed E-state index contributed by atoms with van der Waals surface area (Å²) in [6.07, 6.45) is -3.14. The highest BCUT2D eigenvalue weighted by molar-refractivity contribution is 7.91. The average Bonchev–Trinajstić information content (AvgIpc) is 3.28. The largest absolute Gasteiger partial charge is 0.411 e. The van der Waals surface area contributed by atoms with Gasteiger partial charge in [-0.3, -0.25) is 4.79 Å². The number of thiophene rings is 1. The van der Waals surface area contributed by atoms with Crippen LogP contribution in [0.15, 0.2) is 46.0 Å². The van der Waals surface area contributed by atoms with Crippen molar-refractivity contribution < 1.29 is 31.1 Å². The van der Waals surface area contributed by atoms with E-state index in [0.717, 1.165) is 16.9 Å². The van der Waals surface area contributed by atoms with Crippen molar-refractivity contribution in [2.45, 2.75) is 36.4 Å². The number of rotatable bonds is 8. The summed E-state index contributed by atoms with van der Waals surface area (Å²) in [6, 6.07) is 9.95. The first-order valence-corrected chi connectivity index (χ1v) is 12.0. The van der Waals surface area contributed by atoms with E-state index in [9.17, 15) is 26.4 Å². The van der Waals surface area contributed by atoms with Gasteiger partial charge in [0.05, 0.1) is 12.5 Å². The fourth-order valence-corrected chi connectivity index (χ4v) is 5.95. The summed E-state index contributed by atoms with van der Waals surface area (Å²) >= 11 is 1.15. The van der Waals surface area contributed by atoms with E-state index in [4.69, 9.17) is 0 Å². The molecule has 31 heavy (non-hydrogen) atoms. The standard InChI is InChI=1S/C20H23F3N2O4S2/c21-20(22,23)14-29-13-16-7-5-15(6-8-16)11-24-19(26)17-3-1-9-25(12-17)31(27,28)18-4-2-10-30-18/h2,4-8,10,17H,1,3,9,11-14H2,(H,24,26). The first-order chi connectivity index (χ1) is 14.6. The zero-order valence-electron chi connectivity index (χ0n) is 16.6. The molecule has 1 aromatic carbocycles. The van der Waals surface area contributed by atoms with Gasteiger partial charge in [0.1, 0.15) is 10.8 Å². The van der Waals surface area contributed by atoms with Gasteiger partial charge < -0.3 is 10.1 Å². The van der Waals surface area contributed by atoms with Crippen LogP contribution < -0.4 is 5.32 Å². The molecule has 6 nitrogen and oxygen atoms in total. The quantitative estimate of drug-likeness (QED) is 0.632. The second-order valence-corrected chi connectivity index (χ2v) is 10.4. The Morgan fingerprint density at radius 3 is 2.55 bits per heavy atom. The molecule has 1 N–H and O–H groups in total. The molecule has 3 rings (SSSR count). The van der Waals surface area contributed by atoms with Gasteiger partial charge in [-0.1, -0.05) is 30.3 Å². The number of alkyl halides is 3. The number of halogens is 3. The van der Waals surface area contributed by atoms with Gasteiger partial charge in [0.15, 0.2) is 0 Å². The van der Waals surface area contributed by atoms with Crippen molar-refractivity contribution in [3.63, 3.8) is 0 Å². The number of sulfonamides is 1. The Balaban J connectivity index is 1.49. The van der Waals surface area contributed by atoms with E-state index in [-0.39, 0.29) is 29.8 Å². The van der Waals surface area contributed by atoms with Crippen LogP contribution in [-0.2, 0) is 32.7 Å². The van der Waals surface area contributed by atoms with Crippen LogP contribution in [0.4, 0.5) is 13.2 Å². The maximum atomic E-state index is 12.7. The van der Waals surface area contributed by atoms with E-state index >= 15 is 0 Å². The van der Waals surface area contributed by atoms with Crippen LogP contribution in [0.2, 0.25) is 0 Å². The Morgan fingerprint density at radius 1 is 1.19 bits per heavy atom. The van der Waals surface area contributed by atoms with Crippen molar-refractivity contribution in [1.29, 1.82) is 0 Å². The van der Waals surface area contributed by atoms with Crippen LogP contribution in [0.25, 0.3) is 0 Å². The minimum Gasteiger partial charge on any atom is -0.367 e. The highest BCUT2D eigenvalue weighted by Crippen LogP contribution is 2.26. The highest BCUT2D eigenvalue weighted by Gasteiger charge is 2.33. The van der Waals surface area contributed by atoms with Crippen LogP contribution in [0.1, 0.15) is 24.0 Å². The first kappa shape index (κ1) is 23.7. The lowest BCUT2D eigenvalue weighted by atomic mass is 9.98. The molecular formula is C20H23F3N2O4S2. The normalized spacial score (nSPS) is 18.1. The van der Waals surface area contributed by atoms with E-state index < -0.39 is 28.7 Å². The molecule has 170 valence electrons. The summed E-state index contributed by atoms with van der Waals surface area (Å²) in [4.78, 5) is 12.6. The van der Waals surface area contributed by atoms with Crippen molar-refractivity contribution in [3.05, 3.63) is 52.9 Å². The maximum Gasteiger partial charge on any atom is 0.411 e. The summed E-state index contributed by atoms with van der Waals surface area (Å²) in [7, 11) is -3.58. The summed E-state index contributed by atoms with van der Waals surface area (Å²) in [5.41, 5.74) is 1.38. The van der Waals surface area contributed by atoms with Crippen molar-refractivity contribution >= 4 is 27.3 Å². The third-order valence-electron chi connectivity index (χ3n) is 4.87. The topological polar surface area (TPSA) is 75.7 Å². The molecule has 11 heteroatoms. The van der Waals surface area contributed by atoms with E-state index in [2.05, 4.69) is 10.1 Å². The predicted octanol–water partition coefficient (Wildman–Crippen LogP) is 3.54. The first-order valence-electron chi connectivity index (χ1n) is 9.69. The minimum atomic E-state index is -4.36. The maximum absolute atomic E-state index is 12.7. The van der Waals surface area contributed by atoms with Gasteiger partial charge in [0, 0.05) is 19.6 Å². The summed E-state index contributed by atoms with van der Waals surface area (Å²) < 4.78 is 68.0. The Bertz CT molecular complexity index is 961. The lowest BCUT2D eigenvalue weighted by molar-refractivity contribution is -0.176. The van der Waals surface area contributed by atoms with E-state index in [1.807, 2.05) is 0 Å². The Hall–Kier alpha value is -1.95. The number of piperidine rings is 1. The number of amides is 1. The van der Waals surface area contributed by atoms with Gasteiger partial charge in [0.2, 0.25) is 5.91 Å². The Labute approximate surface area is 183 Å². The van der Waals surface area contributed by atoms with Crippen LogP contribution in [0, 0.1) is 5.92 Å². The van der Waals surface area contributed by atoms with Crippen LogP contribution in [0.5, 0.6) is 0 Å². The molecule has 1 unspecified atom stereocenters. The predicted molar refractivity (Wildman–Crippen MR) is 110 cm³/mol. The number of benzene rings is 1. The van der Waals surface area contributed by atoms with Crippen LogP contribution in [0.3, 0.4) is 0 Å². The van der Waals surface area contributed by atoms with Crippen molar-refractivity contribution in [2.24, 2.45) is 5.92 Å². The molecule has 1 aromatic heterocycles. The number of hydrogen-bond acceptors (Lipinski definition) is 5. The van der Waals surface area contributed by atoms with Gasteiger partial charge >= 0.3 is 6.18 Å². The minimum absolute atomic E-state index is 0.140. The molecule has 1 amide bonds. The number of ether oxygens (including phenoxy) is 1. The van der Waals surface area contributed by atoms with Gasteiger partial charge in [0.25, 0.3) is 10.0 Å². The molecule has 1 atom stereocenters. The van der Waals surface area contributed by atoms with E-state index in [0.29, 0.717) is 24.9 Å². The Kier molecular flexibility index (Phi) is 7.73. The van der Waals surface area contributed by atoms with Crippen molar-refractivity contribution in [2.75, 3.05) is 19.7 Å². The number of nitrogens with one attached hydrogen (secondary N) is 1. The number of carbonyl (C=O) groups excluding carboxylic acids is 1. The van der Waals surface area contributed by atoms with Crippen LogP contribution >= 0.6 is 11.3 Å². The summed E-state index contributed by atoms with van der Waals surface area (Å²) in [5, 5.41) is 4.52. The molecule has 2 aromatic rings. The number of nitrogens with zero attached hydrogens (tertiary/aromatic N) is 1. The lowest BCUT2D eigenvalue weighted by Crippen LogP contribution is -2.45. The molecule has 0 bridgehead atoms. The lowest BCUT2D eigenvalue weighted by Gasteiger charge is -2.30. The second-order valence-electron chi connectivity index (χ2n) is 7.28. The molecule has 1 fully saturated rings. The number of carbonyl (C=O) groups is 1. The zero-order valence-corrected chi connectivity index (χ0v) is 18.2. The van der Waals surface area contributed by atoms with E-state index in [1.54, 1.807) is 41.8 Å². The Morgan fingerprint density at radius 2 is 1.90 bits per heavy atom. The zero-order chi connectivity index (χ0) is 22.5. The highest BCUT2D eigenvalue weighted by atomic mass is 32.2. The fourth-order valence-electron chi connectivity index (χ4n) is 3.28. The molecule has 0 saturated carbocycles. The SMILES string of the molecule is O=C(NCc1ccc(COCC(F)(F)F)cc1)C1CCCN(S(=O)(=O)c2cccs2)C1. The summed E-state index contributed by atoms with van der Waals surface area (Å²) in [6.45, 7) is -0.672. The molecule has 0 spiro atoms. The second kappa shape index (κ2) is 10.1. The third kappa shape index (κ3) is 6.76. The average molecular weight is 477 g/mol. The smallest absolute Gasteiger partial charge is 0.367 e. The third-order valence-corrected chi connectivity index (χ3v) is 8.11. The van der Waals surface area contributed by atoms with E-state index in [1.165, 1.54) is 4.31 Å².